The first-order chi connectivity index (χ1) is 6.84. The maximum atomic E-state index is 11.2. The fourth-order valence-electron chi connectivity index (χ4n) is 2.93. The number of Topliss-reactive ketones (excluding diaryl/α,β-unsaturated/α-hetero) is 1. The Morgan fingerprint density at radius 3 is 1.93 bits per heavy atom. The Labute approximate surface area is 85.7 Å². The lowest BCUT2D eigenvalue weighted by Gasteiger charge is -2.34. The summed E-state index contributed by atoms with van der Waals surface area (Å²) in [5.41, 5.74) is 0. The van der Waals surface area contributed by atoms with E-state index in [1.165, 1.54) is 25.7 Å². The van der Waals surface area contributed by atoms with Crippen LogP contribution in [0.2, 0.25) is 0 Å². The number of piperidine rings is 1. The summed E-state index contributed by atoms with van der Waals surface area (Å²) in [5.74, 6) is 2.47. The maximum absolute atomic E-state index is 11.2. The quantitative estimate of drug-likeness (QED) is 0.681. The van der Waals surface area contributed by atoms with Crippen molar-refractivity contribution >= 4 is 5.78 Å². The third kappa shape index (κ3) is 1.72. The van der Waals surface area contributed by atoms with Gasteiger partial charge in [-0.05, 0) is 37.5 Å². The molecule has 3 aliphatic rings. The summed E-state index contributed by atoms with van der Waals surface area (Å²) in [6.45, 7) is 2.10. The van der Waals surface area contributed by atoms with Crippen molar-refractivity contribution in [2.45, 2.75) is 44.6 Å². The van der Waals surface area contributed by atoms with Gasteiger partial charge in [-0.3, -0.25) is 9.69 Å². The average Bonchev–Trinajstić information content (AvgIpc) is 3.00. The van der Waals surface area contributed by atoms with Crippen LogP contribution in [0.4, 0.5) is 0 Å². The number of likely N-dealkylation sites (tertiary alicyclic amines) is 1. The number of carbonyl (C=O) groups is 1. The van der Waals surface area contributed by atoms with Crippen molar-refractivity contribution in [2.75, 3.05) is 13.1 Å². The molecule has 3 fully saturated rings. The van der Waals surface area contributed by atoms with Crippen molar-refractivity contribution in [3.63, 3.8) is 0 Å². The molecule has 0 aromatic rings. The van der Waals surface area contributed by atoms with Gasteiger partial charge in [-0.25, -0.2) is 0 Å². The first kappa shape index (κ1) is 8.90. The maximum Gasteiger partial charge on any atom is 0.135 e. The van der Waals surface area contributed by atoms with Crippen LogP contribution in [0.1, 0.15) is 38.5 Å². The van der Waals surface area contributed by atoms with Crippen LogP contribution < -0.4 is 0 Å². The number of nitrogens with zero attached hydrogens (tertiary/aromatic N) is 1. The summed E-state index contributed by atoms with van der Waals surface area (Å²) in [4.78, 5) is 13.8. The lowest BCUT2D eigenvalue weighted by molar-refractivity contribution is -0.122. The van der Waals surface area contributed by atoms with E-state index in [4.69, 9.17) is 0 Å². The van der Waals surface area contributed by atoms with Gasteiger partial charge >= 0.3 is 0 Å². The van der Waals surface area contributed by atoms with Crippen LogP contribution in [0, 0.1) is 11.8 Å². The molecule has 0 spiro atoms. The normalized spacial score (nSPS) is 29.9. The van der Waals surface area contributed by atoms with Gasteiger partial charge in [-0.15, -0.1) is 0 Å². The summed E-state index contributed by atoms with van der Waals surface area (Å²) < 4.78 is 0. The molecule has 1 aliphatic heterocycles. The summed E-state index contributed by atoms with van der Waals surface area (Å²) >= 11 is 0. The Morgan fingerprint density at radius 1 is 1.00 bits per heavy atom. The fraction of sp³-hybridized carbons (Fsp3) is 0.917. The second kappa shape index (κ2) is 3.34. The molecule has 0 amide bonds. The average molecular weight is 193 g/mol. The third-order valence-electron chi connectivity index (χ3n) is 3.99. The molecule has 3 rings (SSSR count). The lowest BCUT2D eigenvalue weighted by atomic mass is 10.0. The van der Waals surface area contributed by atoms with E-state index in [0.717, 1.165) is 43.8 Å². The molecule has 2 heteroatoms. The van der Waals surface area contributed by atoms with E-state index in [2.05, 4.69) is 4.90 Å². The zero-order valence-corrected chi connectivity index (χ0v) is 8.74. The van der Waals surface area contributed by atoms with Crippen LogP contribution >= 0.6 is 0 Å². The van der Waals surface area contributed by atoms with E-state index < -0.39 is 0 Å². The number of hydrogen-bond donors (Lipinski definition) is 0. The molecule has 2 nitrogen and oxygen atoms in total. The zero-order chi connectivity index (χ0) is 9.54. The van der Waals surface area contributed by atoms with Crippen LogP contribution in [-0.4, -0.2) is 29.8 Å². The van der Waals surface area contributed by atoms with E-state index in [1.54, 1.807) is 0 Å². The Bertz CT molecular complexity index is 221. The van der Waals surface area contributed by atoms with Gasteiger partial charge in [0.25, 0.3) is 0 Å². The van der Waals surface area contributed by atoms with Gasteiger partial charge in [-0.1, -0.05) is 0 Å². The molecule has 0 atom stereocenters. The first-order valence-corrected chi connectivity index (χ1v) is 6.10. The minimum atomic E-state index is 0.478. The standard InChI is InChI=1S/C12H19NO/c14-11-5-7-13(8-6-11)12(9-1-2-9)10-3-4-10/h9-10,12H,1-8H2. The largest absolute Gasteiger partial charge is 0.300 e. The molecule has 0 N–H and O–H groups in total. The number of hydrogen-bond acceptors (Lipinski definition) is 2. The van der Waals surface area contributed by atoms with Crippen molar-refractivity contribution in [3.05, 3.63) is 0 Å². The lowest BCUT2D eigenvalue weighted by Crippen LogP contribution is -2.44. The molecule has 2 saturated carbocycles. The molecule has 1 saturated heterocycles. The molecule has 14 heavy (non-hydrogen) atoms. The Morgan fingerprint density at radius 2 is 1.50 bits per heavy atom. The summed E-state index contributed by atoms with van der Waals surface area (Å²) in [5, 5.41) is 0. The van der Waals surface area contributed by atoms with Gasteiger partial charge < -0.3 is 0 Å². The number of ketones is 1. The van der Waals surface area contributed by atoms with E-state index in [-0.39, 0.29) is 0 Å². The van der Waals surface area contributed by atoms with E-state index in [0.29, 0.717) is 5.78 Å². The summed E-state index contributed by atoms with van der Waals surface area (Å²) in [6, 6.07) is 0.864. The molecule has 0 unspecified atom stereocenters. The predicted octanol–water partition coefficient (Wildman–Crippen LogP) is 1.84. The van der Waals surface area contributed by atoms with Crippen molar-refractivity contribution in [2.24, 2.45) is 11.8 Å². The van der Waals surface area contributed by atoms with Crippen molar-refractivity contribution in [1.29, 1.82) is 0 Å². The van der Waals surface area contributed by atoms with Crippen molar-refractivity contribution in [1.82, 2.24) is 4.90 Å². The van der Waals surface area contributed by atoms with E-state index in [9.17, 15) is 4.79 Å². The molecular weight excluding hydrogens is 174 g/mol. The highest BCUT2D eigenvalue weighted by molar-refractivity contribution is 5.79. The fourth-order valence-corrected chi connectivity index (χ4v) is 2.93. The van der Waals surface area contributed by atoms with Gasteiger partial charge in [0.1, 0.15) is 5.78 Å². The second-order valence-corrected chi connectivity index (χ2v) is 5.24. The summed E-state index contributed by atoms with van der Waals surface area (Å²) in [6.07, 6.45) is 7.43. The highest BCUT2D eigenvalue weighted by Crippen LogP contribution is 2.47. The number of carbonyl (C=O) groups excluding carboxylic acids is 1. The van der Waals surface area contributed by atoms with Gasteiger partial charge in [0.05, 0.1) is 0 Å². The van der Waals surface area contributed by atoms with Crippen LogP contribution in [0.25, 0.3) is 0 Å². The third-order valence-corrected chi connectivity index (χ3v) is 3.99. The van der Waals surface area contributed by atoms with Crippen LogP contribution in [-0.2, 0) is 4.79 Å². The van der Waals surface area contributed by atoms with E-state index in [1.807, 2.05) is 0 Å². The van der Waals surface area contributed by atoms with Gasteiger partial charge in [0.2, 0.25) is 0 Å². The van der Waals surface area contributed by atoms with Gasteiger partial charge in [0, 0.05) is 32.0 Å². The van der Waals surface area contributed by atoms with Crippen LogP contribution in [0.3, 0.4) is 0 Å². The van der Waals surface area contributed by atoms with Gasteiger partial charge in [-0.2, -0.15) is 0 Å². The highest BCUT2D eigenvalue weighted by atomic mass is 16.1. The molecule has 1 heterocycles. The highest BCUT2D eigenvalue weighted by Gasteiger charge is 2.44. The molecule has 0 radical (unpaired) electrons. The Balaban J connectivity index is 1.63. The number of rotatable bonds is 3. The molecule has 0 aromatic heterocycles. The first-order valence-electron chi connectivity index (χ1n) is 6.10. The SMILES string of the molecule is O=C1CCN(C(C2CC2)C2CC2)CC1. The zero-order valence-electron chi connectivity index (χ0n) is 8.74. The van der Waals surface area contributed by atoms with Crippen molar-refractivity contribution in [3.8, 4) is 0 Å². The molecule has 78 valence electrons. The summed E-state index contributed by atoms with van der Waals surface area (Å²) in [7, 11) is 0. The Kier molecular flexibility index (Phi) is 2.12. The van der Waals surface area contributed by atoms with Crippen LogP contribution in [0.5, 0.6) is 0 Å². The van der Waals surface area contributed by atoms with Crippen LogP contribution in [0.15, 0.2) is 0 Å². The van der Waals surface area contributed by atoms with Gasteiger partial charge in [0.15, 0.2) is 0 Å². The molecule has 2 aliphatic carbocycles. The van der Waals surface area contributed by atoms with Crippen molar-refractivity contribution < 1.29 is 4.79 Å². The molecule has 0 bridgehead atoms. The molecule has 0 aromatic carbocycles. The monoisotopic (exact) mass is 193 g/mol. The smallest absolute Gasteiger partial charge is 0.135 e. The topological polar surface area (TPSA) is 20.3 Å². The molecular formula is C12H19NO. The predicted molar refractivity (Wildman–Crippen MR) is 55.1 cm³/mol. The minimum absolute atomic E-state index is 0.478. The van der Waals surface area contributed by atoms with E-state index >= 15 is 0 Å². The Hall–Kier alpha value is -0.370. The second-order valence-electron chi connectivity index (χ2n) is 5.24. The minimum Gasteiger partial charge on any atom is -0.300 e.